The average Bonchev–Trinajstić information content (AvgIpc) is 3.57. The second kappa shape index (κ2) is 13.0. The number of benzene rings is 7. The highest BCUT2D eigenvalue weighted by Gasteiger charge is 2.56. The van der Waals surface area contributed by atoms with E-state index in [4.69, 9.17) is 14.7 Å². The van der Waals surface area contributed by atoms with Crippen LogP contribution in [0.2, 0.25) is 0 Å². The summed E-state index contributed by atoms with van der Waals surface area (Å²) < 4.78 is 6.68. The zero-order valence-corrected chi connectivity index (χ0v) is 30.6. The van der Waals surface area contributed by atoms with Crippen LogP contribution in [0.5, 0.6) is 11.5 Å². The van der Waals surface area contributed by atoms with Gasteiger partial charge >= 0.3 is 0 Å². The van der Waals surface area contributed by atoms with Gasteiger partial charge in [-0.05, 0) is 57.6 Å². The van der Waals surface area contributed by atoms with Crippen molar-refractivity contribution in [3.05, 3.63) is 229 Å². The zero-order valence-electron chi connectivity index (χ0n) is 30.6. The minimum Gasteiger partial charge on any atom is -0.457 e. The van der Waals surface area contributed by atoms with Crippen molar-refractivity contribution >= 4 is 0 Å². The lowest BCUT2D eigenvalue weighted by molar-refractivity contribution is 0.374. The summed E-state index contributed by atoms with van der Waals surface area (Å²) in [7, 11) is 0. The van der Waals surface area contributed by atoms with Crippen LogP contribution in [-0.2, 0) is 5.41 Å². The molecule has 8 aromatic rings. The lowest BCUT2D eigenvalue weighted by Crippen LogP contribution is -2.37. The van der Waals surface area contributed by atoms with Gasteiger partial charge in [-0.25, -0.2) is 9.97 Å². The zero-order chi connectivity index (χ0) is 37.1. The number of ether oxygens (including phenoxy) is 1. The third-order valence-electron chi connectivity index (χ3n) is 11.9. The van der Waals surface area contributed by atoms with Gasteiger partial charge in [-0.2, -0.15) is 0 Å². The van der Waals surface area contributed by atoms with E-state index in [1.807, 2.05) is 36.4 Å². The summed E-state index contributed by atoms with van der Waals surface area (Å²) in [6.45, 7) is 0. The number of hydrogen-bond acceptors (Lipinski definition) is 3. The van der Waals surface area contributed by atoms with Gasteiger partial charge in [0.05, 0.1) is 16.8 Å². The molecule has 0 saturated carbocycles. The first-order valence-electron chi connectivity index (χ1n) is 19.3. The summed E-state index contributed by atoms with van der Waals surface area (Å²) in [4.78, 5) is 10.0. The Kier molecular flexibility index (Phi) is 7.53. The molecule has 264 valence electrons. The molecule has 1 aromatic heterocycles. The standard InChI is InChI=1S/C53H36N2O/c1-3-13-38(14-4-1)48-34-49(39-15-5-2-6-16-39)55-52(54-48)40-29-27-36(28-30-40)35-23-25-37(26-24-35)41-31-32-51-47(33-41)53(46-21-11-12-22-50(46)56-51)44-19-9-7-17-42(44)43-18-8-10-20-45(43)53/h1-34,42,44H. The van der Waals surface area contributed by atoms with Crippen LogP contribution >= 0.6 is 0 Å². The third-order valence-corrected chi connectivity index (χ3v) is 11.9. The highest BCUT2D eigenvalue weighted by Crippen LogP contribution is 2.64. The summed E-state index contributed by atoms with van der Waals surface area (Å²) in [5, 5.41) is 0. The lowest BCUT2D eigenvalue weighted by atomic mass is 9.61. The fourth-order valence-corrected chi connectivity index (χ4v) is 9.30. The summed E-state index contributed by atoms with van der Waals surface area (Å²) in [5.74, 6) is 3.12. The molecule has 0 amide bonds. The van der Waals surface area contributed by atoms with Gasteiger partial charge in [0, 0.05) is 39.7 Å². The summed E-state index contributed by atoms with van der Waals surface area (Å²) in [5.41, 5.74) is 14.4. The van der Waals surface area contributed by atoms with Gasteiger partial charge < -0.3 is 4.74 Å². The van der Waals surface area contributed by atoms with Crippen LogP contribution in [0.4, 0.5) is 0 Å². The van der Waals surface area contributed by atoms with E-state index in [0.29, 0.717) is 11.7 Å². The summed E-state index contributed by atoms with van der Waals surface area (Å²) >= 11 is 0. The molecule has 3 atom stereocenters. The second-order valence-electron chi connectivity index (χ2n) is 14.9. The molecule has 3 unspecified atom stereocenters. The van der Waals surface area contributed by atoms with Crippen LogP contribution in [0.1, 0.15) is 28.2 Å². The van der Waals surface area contributed by atoms with Gasteiger partial charge in [-0.3, -0.25) is 0 Å². The SMILES string of the molecule is C1=CC2c3ccccc3C3(c4ccccc4Oc4ccc(-c5ccc(-c6ccc(-c7nc(-c8ccccc8)cc(-c8ccccc8)n7)cc6)cc5)cc43)C2C=C1. The number of fused-ring (bicyclic) bond motifs is 9. The van der Waals surface area contributed by atoms with E-state index in [9.17, 15) is 0 Å². The maximum atomic E-state index is 6.68. The van der Waals surface area contributed by atoms with Crippen molar-refractivity contribution in [1.29, 1.82) is 0 Å². The van der Waals surface area contributed by atoms with Crippen molar-refractivity contribution in [1.82, 2.24) is 9.97 Å². The van der Waals surface area contributed by atoms with Gasteiger partial charge in [0.25, 0.3) is 0 Å². The summed E-state index contributed by atoms with van der Waals surface area (Å²) in [6, 6.07) is 64.6. The molecular weight excluding hydrogens is 681 g/mol. The van der Waals surface area contributed by atoms with E-state index in [2.05, 4.69) is 170 Å². The van der Waals surface area contributed by atoms with E-state index >= 15 is 0 Å². The molecule has 11 rings (SSSR count). The molecule has 1 spiro atoms. The minimum atomic E-state index is -0.365. The van der Waals surface area contributed by atoms with E-state index in [0.717, 1.165) is 50.7 Å². The number of aromatic nitrogens is 2. The Morgan fingerprint density at radius 3 is 1.59 bits per heavy atom. The Labute approximate surface area is 327 Å². The van der Waals surface area contributed by atoms with Crippen molar-refractivity contribution in [3.63, 3.8) is 0 Å². The molecule has 3 heteroatoms. The Morgan fingerprint density at radius 1 is 0.393 bits per heavy atom. The molecule has 0 fully saturated rings. The smallest absolute Gasteiger partial charge is 0.160 e. The maximum Gasteiger partial charge on any atom is 0.160 e. The minimum absolute atomic E-state index is 0.241. The first kappa shape index (κ1) is 32.3. The van der Waals surface area contributed by atoms with Crippen molar-refractivity contribution in [3.8, 4) is 67.7 Å². The Morgan fingerprint density at radius 2 is 0.911 bits per heavy atom. The molecule has 1 aliphatic heterocycles. The van der Waals surface area contributed by atoms with Crippen molar-refractivity contribution in [2.45, 2.75) is 11.3 Å². The van der Waals surface area contributed by atoms with Crippen LogP contribution in [0, 0.1) is 5.92 Å². The third kappa shape index (κ3) is 5.12. The van der Waals surface area contributed by atoms with E-state index < -0.39 is 0 Å². The topological polar surface area (TPSA) is 35.0 Å². The number of rotatable bonds is 5. The average molecular weight is 717 g/mol. The highest BCUT2D eigenvalue weighted by atomic mass is 16.5. The van der Waals surface area contributed by atoms with Crippen molar-refractivity contribution < 1.29 is 4.74 Å². The Hall–Kier alpha value is -7.10. The monoisotopic (exact) mass is 716 g/mol. The molecule has 7 aromatic carbocycles. The molecule has 56 heavy (non-hydrogen) atoms. The molecule has 3 nitrogen and oxygen atoms in total. The maximum absolute atomic E-state index is 6.68. The van der Waals surface area contributed by atoms with Crippen molar-refractivity contribution in [2.75, 3.05) is 0 Å². The molecule has 0 bridgehead atoms. The molecule has 2 aliphatic carbocycles. The van der Waals surface area contributed by atoms with Crippen LogP contribution in [0.3, 0.4) is 0 Å². The second-order valence-corrected chi connectivity index (χ2v) is 14.9. The fraction of sp³-hybridized carbons (Fsp3) is 0.0566. The van der Waals surface area contributed by atoms with Gasteiger partial charge in [0.15, 0.2) is 5.82 Å². The molecular formula is C53H36N2O. The Balaban J connectivity index is 0.942. The van der Waals surface area contributed by atoms with Gasteiger partial charge in [0.2, 0.25) is 0 Å². The Bertz CT molecular complexity index is 2770. The van der Waals surface area contributed by atoms with Crippen LogP contribution in [-0.4, -0.2) is 9.97 Å². The van der Waals surface area contributed by atoms with Gasteiger partial charge in [0.1, 0.15) is 11.5 Å². The summed E-state index contributed by atoms with van der Waals surface area (Å²) in [6.07, 6.45) is 9.21. The predicted molar refractivity (Wildman–Crippen MR) is 227 cm³/mol. The molecule has 0 N–H and O–H groups in total. The number of allylic oxidation sites excluding steroid dienone is 4. The predicted octanol–water partition coefficient (Wildman–Crippen LogP) is 13.1. The first-order chi connectivity index (χ1) is 27.7. The lowest BCUT2D eigenvalue weighted by Gasteiger charge is -2.43. The highest BCUT2D eigenvalue weighted by molar-refractivity contribution is 5.78. The molecule has 0 saturated heterocycles. The first-order valence-corrected chi connectivity index (χ1v) is 19.3. The van der Waals surface area contributed by atoms with Gasteiger partial charge in [-0.1, -0.05) is 182 Å². The fourth-order valence-electron chi connectivity index (χ4n) is 9.30. The molecule has 2 heterocycles. The van der Waals surface area contributed by atoms with Gasteiger partial charge in [-0.15, -0.1) is 0 Å². The molecule has 0 radical (unpaired) electrons. The van der Waals surface area contributed by atoms with Crippen LogP contribution < -0.4 is 4.74 Å². The van der Waals surface area contributed by atoms with Crippen LogP contribution in [0.25, 0.3) is 56.2 Å². The quantitative estimate of drug-likeness (QED) is 0.178. The van der Waals surface area contributed by atoms with Crippen LogP contribution in [0.15, 0.2) is 206 Å². The normalized spacial score (nSPS) is 18.4. The molecule has 3 aliphatic rings. The number of hydrogen-bond donors (Lipinski definition) is 0. The number of nitrogens with zero attached hydrogens (tertiary/aromatic N) is 2. The number of para-hydroxylation sites is 1. The van der Waals surface area contributed by atoms with E-state index in [1.165, 1.54) is 33.4 Å². The van der Waals surface area contributed by atoms with Crippen molar-refractivity contribution in [2.24, 2.45) is 5.92 Å². The van der Waals surface area contributed by atoms with E-state index in [1.54, 1.807) is 0 Å². The largest absolute Gasteiger partial charge is 0.457 e. The van der Waals surface area contributed by atoms with E-state index in [-0.39, 0.29) is 11.3 Å².